The predicted molar refractivity (Wildman–Crippen MR) is 108 cm³/mol. The molecule has 1 aromatic carbocycles. The first-order chi connectivity index (χ1) is 14.0. The lowest BCUT2D eigenvalue weighted by Gasteiger charge is -2.44. The smallest absolute Gasteiger partial charge is 0.270 e. The highest BCUT2D eigenvalue weighted by molar-refractivity contribution is 7.07. The molecule has 0 saturated carbocycles. The van der Waals surface area contributed by atoms with Gasteiger partial charge in [0, 0.05) is 5.56 Å². The second kappa shape index (κ2) is 6.31. The Morgan fingerprint density at radius 2 is 2.14 bits per heavy atom. The maximum atomic E-state index is 13.2. The molecule has 3 aromatic rings. The zero-order valence-corrected chi connectivity index (χ0v) is 16.3. The summed E-state index contributed by atoms with van der Waals surface area (Å²) in [5.74, 6) is -0.0495. The molecular weight excluding hydrogens is 390 g/mol. The van der Waals surface area contributed by atoms with Crippen molar-refractivity contribution in [1.29, 1.82) is 0 Å². The first-order valence-electron chi connectivity index (χ1n) is 9.08. The van der Waals surface area contributed by atoms with Gasteiger partial charge in [0.25, 0.3) is 5.56 Å². The van der Waals surface area contributed by atoms with E-state index in [1.165, 1.54) is 11.3 Å². The average Bonchev–Trinajstić information content (AvgIpc) is 3.29. The first-order valence-corrected chi connectivity index (χ1v) is 9.90. The molecule has 2 aliphatic rings. The van der Waals surface area contributed by atoms with Gasteiger partial charge in [-0.15, -0.1) is 0 Å². The number of hydrogen-bond acceptors (Lipinski definition) is 6. The highest BCUT2D eigenvalue weighted by Gasteiger charge is 2.54. The Bertz CT molecular complexity index is 1320. The molecule has 2 aliphatic heterocycles. The third-order valence-electron chi connectivity index (χ3n) is 5.24. The molecule has 0 radical (unpaired) electrons. The molecule has 3 atom stereocenters. The molecule has 4 heterocycles. The number of allylic oxidation sites excluding steroid dienone is 1. The number of ether oxygens (including phenoxy) is 1. The van der Waals surface area contributed by atoms with Crippen molar-refractivity contribution in [2.45, 2.75) is 18.7 Å². The van der Waals surface area contributed by atoms with Crippen LogP contribution in [0.2, 0.25) is 0 Å². The van der Waals surface area contributed by atoms with E-state index in [1.54, 1.807) is 42.0 Å². The molecule has 0 saturated heterocycles. The summed E-state index contributed by atoms with van der Waals surface area (Å²) < 4.78 is 13.4. The van der Waals surface area contributed by atoms with Crippen molar-refractivity contribution >= 4 is 29.4 Å². The minimum Gasteiger partial charge on any atom is -0.465 e. The Hall–Kier alpha value is -3.39. The second-order valence-corrected chi connectivity index (χ2v) is 8.11. The van der Waals surface area contributed by atoms with Gasteiger partial charge >= 0.3 is 0 Å². The minimum absolute atomic E-state index is 0.215. The lowest BCUT2D eigenvalue weighted by atomic mass is 9.81. The van der Waals surface area contributed by atoms with Crippen LogP contribution in [0.1, 0.15) is 24.3 Å². The van der Waals surface area contributed by atoms with Gasteiger partial charge in [-0.1, -0.05) is 35.6 Å². The van der Waals surface area contributed by atoms with Gasteiger partial charge in [0.05, 0.1) is 16.8 Å². The van der Waals surface area contributed by atoms with E-state index in [1.807, 2.05) is 30.3 Å². The predicted octanol–water partition coefficient (Wildman–Crippen LogP) is 1.43. The van der Waals surface area contributed by atoms with E-state index >= 15 is 0 Å². The van der Waals surface area contributed by atoms with E-state index in [4.69, 9.17) is 14.9 Å². The molecule has 0 fully saturated rings. The van der Waals surface area contributed by atoms with Gasteiger partial charge in [-0.3, -0.25) is 14.2 Å². The summed E-state index contributed by atoms with van der Waals surface area (Å²) in [6.45, 7) is 1.74. The van der Waals surface area contributed by atoms with Crippen molar-refractivity contribution < 1.29 is 13.9 Å². The van der Waals surface area contributed by atoms with Gasteiger partial charge in [0.1, 0.15) is 17.4 Å². The lowest BCUT2D eigenvalue weighted by molar-refractivity contribution is -0.133. The molecule has 8 heteroatoms. The summed E-state index contributed by atoms with van der Waals surface area (Å²) >= 11 is 1.26. The van der Waals surface area contributed by atoms with Crippen LogP contribution in [0.15, 0.2) is 62.9 Å². The van der Waals surface area contributed by atoms with Crippen molar-refractivity contribution in [1.82, 2.24) is 4.57 Å². The van der Waals surface area contributed by atoms with Gasteiger partial charge < -0.3 is 14.9 Å². The van der Waals surface area contributed by atoms with Gasteiger partial charge in [-0.25, -0.2) is 4.99 Å². The Balaban J connectivity index is 1.72. The zero-order chi connectivity index (χ0) is 20.2. The van der Waals surface area contributed by atoms with Gasteiger partial charge in [0.2, 0.25) is 11.6 Å². The summed E-state index contributed by atoms with van der Waals surface area (Å²) in [4.78, 5) is 30.7. The van der Waals surface area contributed by atoms with Crippen LogP contribution in [0.4, 0.5) is 0 Å². The first kappa shape index (κ1) is 17.7. The van der Waals surface area contributed by atoms with Crippen molar-refractivity contribution in [3.05, 3.63) is 79.7 Å². The van der Waals surface area contributed by atoms with Gasteiger partial charge in [-0.05, 0) is 37.3 Å². The fourth-order valence-electron chi connectivity index (χ4n) is 4.01. The molecule has 5 rings (SSSR count). The van der Waals surface area contributed by atoms with Crippen molar-refractivity contribution in [2.24, 2.45) is 16.6 Å². The van der Waals surface area contributed by atoms with E-state index in [9.17, 15) is 9.59 Å². The van der Waals surface area contributed by atoms with Crippen LogP contribution < -0.4 is 25.4 Å². The van der Waals surface area contributed by atoms with E-state index < -0.39 is 23.6 Å². The molecule has 2 bridgehead atoms. The molecule has 0 unspecified atom stereocenters. The van der Waals surface area contributed by atoms with Crippen LogP contribution in [0.5, 0.6) is 5.75 Å². The monoisotopic (exact) mass is 407 g/mol. The minimum atomic E-state index is -1.16. The molecule has 29 heavy (non-hydrogen) atoms. The van der Waals surface area contributed by atoms with Crippen LogP contribution >= 0.6 is 11.3 Å². The maximum Gasteiger partial charge on any atom is 0.270 e. The average molecular weight is 407 g/mol. The van der Waals surface area contributed by atoms with E-state index in [2.05, 4.69) is 4.99 Å². The number of carbonyl (C=O) groups is 1. The second-order valence-electron chi connectivity index (χ2n) is 7.10. The SMILES string of the molecule is C[C@]12N=c3s/c(=C\C=C\c4ccco4)c(=O)n3[C@H](c3ccccc3O1)[C@H]2C(N)=O. The molecule has 0 spiro atoms. The number of benzene rings is 1. The van der Waals surface area contributed by atoms with E-state index in [0.29, 0.717) is 20.8 Å². The number of fused-ring (bicyclic) bond motifs is 6. The Kier molecular flexibility index (Phi) is 3.85. The van der Waals surface area contributed by atoms with E-state index in [0.717, 1.165) is 5.56 Å². The summed E-state index contributed by atoms with van der Waals surface area (Å²) in [6.07, 6.45) is 6.82. The number of rotatable bonds is 3. The number of carbonyl (C=O) groups excluding carboxylic acids is 1. The number of furan rings is 1. The number of hydrogen-bond donors (Lipinski definition) is 1. The summed E-state index contributed by atoms with van der Waals surface area (Å²) in [6, 6.07) is 10.4. The topological polar surface area (TPSA) is 99.8 Å². The number of primary amides is 1. The summed E-state index contributed by atoms with van der Waals surface area (Å²) in [7, 11) is 0. The maximum absolute atomic E-state index is 13.2. The lowest BCUT2D eigenvalue weighted by Crippen LogP contribution is -2.59. The van der Waals surface area contributed by atoms with Gasteiger partial charge in [-0.2, -0.15) is 0 Å². The highest BCUT2D eigenvalue weighted by atomic mass is 32.1. The quantitative estimate of drug-likeness (QED) is 0.710. The Morgan fingerprint density at radius 3 is 2.90 bits per heavy atom. The normalized spacial score (nSPS) is 25.2. The van der Waals surface area contributed by atoms with Crippen molar-refractivity contribution in [3.8, 4) is 5.75 Å². The summed E-state index contributed by atoms with van der Waals surface area (Å²) in [5, 5.41) is 0. The fraction of sp³-hybridized carbons (Fsp3) is 0.190. The number of aromatic nitrogens is 1. The summed E-state index contributed by atoms with van der Waals surface area (Å²) in [5.41, 5.74) is 5.10. The molecular formula is C21H17N3O4S. The van der Waals surface area contributed by atoms with E-state index in [-0.39, 0.29) is 5.56 Å². The van der Waals surface area contributed by atoms with Crippen LogP contribution in [0, 0.1) is 5.92 Å². The standard InChI is InChI=1S/C21H17N3O4S/c1-21-16(18(22)25)17(13-8-2-3-9-14(13)28-21)24-19(26)15(29-20(24)23-21)10-4-6-12-7-5-11-27-12/h2-11,16-17H,1H3,(H2,22,25)/b6-4+,15-10-/t16-,17+,21-/m0/s1. The largest absolute Gasteiger partial charge is 0.465 e. The van der Waals surface area contributed by atoms with Crippen LogP contribution in [-0.2, 0) is 4.79 Å². The van der Waals surface area contributed by atoms with Crippen molar-refractivity contribution in [3.63, 3.8) is 0 Å². The number of nitrogens with two attached hydrogens (primary N) is 1. The molecule has 0 aliphatic carbocycles. The number of amides is 1. The Morgan fingerprint density at radius 1 is 1.31 bits per heavy atom. The number of nitrogens with zero attached hydrogens (tertiary/aromatic N) is 2. The van der Waals surface area contributed by atoms with Crippen molar-refractivity contribution in [2.75, 3.05) is 0 Å². The molecule has 7 nitrogen and oxygen atoms in total. The highest BCUT2D eigenvalue weighted by Crippen LogP contribution is 2.46. The molecule has 2 N–H and O–H groups in total. The Labute approximate surface area is 169 Å². The van der Waals surface area contributed by atoms with Crippen LogP contribution in [0.3, 0.4) is 0 Å². The third-order valence-corrected chi connectivity index (χ3v) is 6.24. The molecule has 146 valence electrons. The third kappa shape index (κ3) is 2.67. The fourth-order valence-corrected chi connectivity index (χ4v) is 5.06. The number of thiazole rings is 1. The zero-order valence-electron chi connectivity index (χ0n) is 15.4. The molecule has 1 amide bonds. The van der Waals surface area contributed by atoms with Gasteiger partial charge in [0.15, 0.2) is 4.80 Å². The molecule has 2 aromatic heterocycles. The van der Waals surface area contributed by atoms with Crippen LogP contribution in [0.25, 0.3) is 12.2 Å². The van der Waals surface area contributed by atoms with Crippen LogP contribution in [-0.4, -0.2) is 16.2 Å². The number of para-hydroxylation sites is 1.